The van der Waals surface area contributed by atoms with E-state index >= 15 is 0 Å². The van der Waals surface area contributed by atoms with Crippen LogP contribution in [0.15, 0.2) is 0 Å². The molecule has 0 aromatic rings. The number of carboxylic acids is 1. The summed E-state index contributed by atoms with van der Waals surface area (Å²) in [5.41, 5.74) is 5.58. The summed E-state index contributed by atoms with van der Waals surface area (Å²) in [5.74, 6) is -3.07. The van der Waals surface area contributed by atoms with Crippen molar-refractivity contribution in [3.63, 3.8) is 0 Å². The van der Waals surface area contributed by atoms with Crippen molar-refractivity contribution in [3.05, 3.63) is 0 Å². The smallest absolute Gasteiger partial charge is 0.326 e. The monoisotopic (exact) mass is 452 g/mol. The van der Waals surface area contributed by atoms with Crippen LogP contribution >= 0.6 is 24.4 Å². The fraction of sp³-hybridized carbons (Fsp3) is 0.765. The second-order valence-electron chi connectivity index (χ2n) is 6.92. The summed E-state index contributed by atoms with van der Waals surface area (Å²) in [6.07, 6.45) is 0.953. The molecule has 0 aliphatic rings. The minimum absolute atomic E-state index is 0.0710. The molecule has 3 amide bonds. The lowest BCUT2D eigenvalue weighted by Crippen LogP contribution is -2.59. The molecule has 0 aliphatic carbocycles. The van der Waals surface area contributed by atoms with Crippen molar-refractivity contribution in [1.29, 1.82) is 0 Å². The van der Waals surface area contributed by atoms with E-state index in [2.05, 4.69) is 28.6 Å². The zero-order valence-corrected chi connectivity index (χ0v) is 18.8. The Hall–Kier alpha value is -1.50. The maximum absolute atomic E-state index is 12.6. The molecule has 0 saturated heterocycles. The summed E-state index contributed by atoms with van der Waals surface area (Å²) in [7, 11) is 0. The van der Waals surface area contributed by atoms with Crippen LogP contribution in [-0.4, -0.2) is 81.9 Å². The van der Waals surface area contributed by atoms with Crippen molar-refractivity contribution in [2.24, 2.45) is 11.7 Å². The number of aliphatic hydroxyl groups excluding tert-OH is 1. The van der Waals surface area contributed by atoms with Gasteiger partial charge in [0.05, 0.1) is 6.10 Å². The molecule has 0 saturated carbocycles. The van der Waals surface area contributed by atoms with Gasteiger partial charge in [-0.3, -0.25) is 14.4 Å². The molecule has 10 nitrogen and oxygen atoms in total. The molecular weight excluding hydrogens is 420 g/mol. The van der Waals surface area contributed by atoms with Gasteiger partial charge in [0.2, 0.25) is 17.7 Å². The molecule has 12 heteroatoms. The topological polar surface area (TPSA) is 171 Å². The molecule has 0 spiro atoms. The van der Waals surface area contributed by atoms with Gasteiger partial charge in [0.1, 0.15) is 24.2 Å². The first-order valence-electron chi connectivity index (χ1n) is 9.13. The first-order chi connectivity index (χ1) is 13.5. The van der Waals surface area contributed by atoms with Crippen LogP contribution in [0, 0.1) is 5.92 Å². The number of thioether (sulfide) groups is 1. The highest BCUT2D eigenvalue weighted by molar-refractivity contribution is 7.98. The number of carboxylic acid groups (broad SMARTS) is 1. The lowest BCUT2D eigenvalue weighted by atomic mass is 10.0. The van der Waals surface area contributed by atoms with Gasteiger partial charge in [-0.25, -0.2) is 4.79 Å². The van der Waals surface area contributed by atoms with Crippen molar-refractivity contribution in [3.8, 4) is 0 Å². The number of nitrogens with two attached hydrogens (primary N) is 1. The van der Waals surface area contributed by atoms with Gasteiger partial charge in [0.25, 0.3) is 0 Å². The Morgan fingerprint density at radius 2 is 1.55 bits per heavy atom. The van der Waals surface area contributed by atoms with Gasteiger partial charge in [-0.15, -0.1) is 0 Å². The fourth-order valence-corrected chi connectivity index (χ4v) is 2.95. The van der Waals surface area contributed by atoms with Gasteiger partial charge in [0.15, 0.2) is 0 Å². The van der Waals surface area contributed by atoms with E-state index in [1.807, 2.05) is 6.26 Å². The van der Waals surface area contributed by atoms with Gasteiger partial charge in [-0.05, 0) is 31.3 Å². The Bertz CT molecular complexity index is 576. The minimum Gasteiger partial charge on any atom is -0.480 e. The summed E-state index contributed by atoms with van der Waals surface area (Å²) in [6.45, 7) is 4.74. The van der Waals surface area contributed by atoms with Gasteiger partial charge < -0.3 is 31.9 Å². The van der Waals surface area contributed by atoms with E-state index in [9.17, 15) is 29.4 Å². The number of hydrogen-bond donors (Lipinski definition) is 7. The van der Waals surface area contributed by atoms with Crippen LogP contribution < -0.4 is 21.7 Å². The number of hydrogen-bond acceptors (Lipinski definition) is 8. The largest absolute Gasteiger partial charge is 0.480 e. The Balaban J connectivity index is 5.12. The van der Waals surface area contributed by atoms with Gasteiger partial charge in [-0.2, -0.15) is 24.4 Å². The van der Waals surface area contributed by atoms with Crippen LogP contribution in [0.25, 0.3) is 0 Å². The summed E-state index contributed by atoms with van der Waals surface area (Å²) < 4.78 is 0. The molecule has 29 heavy (non-hydrogen) atoms. The van der Waals surface area contributed by atoms with E-state index in [0.717, 1.165) is 0 Å². The van der Waals surface area contributed by atoms with E-state index in [0.29, 0.717) is 5.75 Å². The van der Waals surface area contributed by atoms with Crippen LogP contribution in [-0.2, 0) is 19.2 Å². The number of nitrogens with one attached hydrogen (secondary N) is 3. The zero-order chi connectivity index (χ0) is 22.7. The molecule has 5 atom stereocenters. The number of rotatable bonds is 13. The Kier molecular flexibility index (Phi) is 13.0. The number of amides is 3. The highest BCUT2D eigenvalue weighted by atomic mass is 32.2. The van der Waals surface area contributed by atoms with Gasteiger partial charge >= 0.3 is 5.97 Å². The second kappa shape index (κ2) is 13.7. The predicted octanol–water partition coefficient (Wildman–Crippen LogP) is -1.43. The maximum atomic E-state index is 12.6. The average molecular weight is 453 g/mol. The van der Waals surface area contributed by atoms with Crippen LogP contribution in [0.3, 0.4) is 0 Å². The highest BCUT2D eigenvalue weighted by Crippen LogP contribution is 2.06. The van der Waals surface area contributed by atoms with Crippen molar-refractivity contribution in [2.75, 3.05) is 17.8 Å². The standard InChI is InChI=1S/C17H32N4O6S2/c1-8(2)13(21-15(24)12(18)9(3)22)16(25)20-11(7-28)14(23)19-10(17(26)27)5-6-29-4/h8-13,22,28H,5-7,18H2,1-4H3,(H,19,23)(H,20,25)(H,21,24)(H,26,27). The Labute approximate surface area is 180 Å². The zero-order valence-electron chi connectivity index (χ0n) is 17.0. The van der Waals surface area contributed by atoms with E-state index in [4.69, 9.17) is 5.73 Å². The molecule has 168 valence electrons. The lowest BCUT2D eigenvalue weighted by molar-refractivity contribution is -0.142. The van der Waals surface area contributed by atoms with Crippen molar-refractivity contribution in [1.82, 2.24) is 16.0 Å². The first-order valence-corrected chi connectivity index (χ1v) is 11.2. The van der Waals surface area contributed by atoms with E-state index in [-0.39, 0.29) is 18.1 Å². The summed E-state index contributed by atoms with van der Waals surface area (Å²) in [6, 6.07) is -4.39. The summed E-state index contributed by atoms with van der Waals surface area (Å²) in [5, 5.41) is 26.0. The molecule has 0 bridgehead atoms. The van der Waals surface area contributed by atoms with E-state index in [1.165, 1.54) is 18.7 Å². The van der Waals surface area contributed by atoms with Crippen LogP contribution in [0.1, 0.15) is 27.2 Å². The summed E-state index contributed by atoms with van der Waals surface area (Å²) >= 11 is 5.51. The molecule has 0 fully saturated rings. The normalized spacial score (nSPS) is 16.3. The van der Waals surface area contributed by atoms with Crippen molar-refractivity contribution < 1.29 is 29.4 Å². The molecule has 0 aromatic carbocycles. The average Bonchev–Trinajstić information content (AvgIpc) is 2.65. The van der Waals surface area contributed by atoms with Crippen molar-refractivity contribution in [2.45, 2.75) is 57.5 Å². The van der Waals surface area contributed by atoms with Gasteiger partial charge in [-0.1, -0.05) is 13.8 Å². The lowest BCUT2D eigenvalue weighted by Gasteiger charge is -2.26. The third kappa shape index (κ3) is 9.70. The molecule has 7 N–H and O–H groups in total. The Morgan fingerprint density at radius 3 is 1.97 bits per heavy atom. The molecule has 0 aromatic heterocycles. The first kappa shape index (κ1) is 27.5. The third-order valence-electron chi connectivity index (χ3n) is 4.11. The molecule has 0 aliphatic heterocycles. The minimum atomic E-state index is -1.21. The molecule has 0 heterocycles. The molecule has 0 rings (SSSR count). The summed E-state index contributed by atoms with van der Waals surface area (Å²) in [4.78, 5) is 48.4. The maximum Gasteiger partial charge on any atom is 0.326 e. The van der Waals surface area contributed by atoms with Gasteiger partial charge in [0, 0.05) is 5.75 Å². The second-order valence-corrected chi connectivity index (χ2v) is 8.27. The quantitative estimate of drug-likeness (QED) is 0.167. The van der Waals surface area contributed by atoms with Crippen LogP contribution in [0.5, 0.6) is 0 Å². The SMILES string of the molecule is CSCCC(NC(=O)C(CS)NC(=O)C(NC(=O)C(N)C(C)O)C(C)C)C(=O)O. The predicted molar refractivity (Wildman–Crippen MR) is 115 cm³/mol. The number of carbonyl (C=O) groups is 4. The van der Waals surface area contributed by atoms with Crippen molar-refractivity contribution >= 4 is 48.1 Å². The highest BCUT2D eigenvalue weighted by Gasteiger charge is 2.31. The number of thiol groups is 1. The van der Waals surface area contributed by atoms with Crippen LogP contribution in [0.4, 0.5) is 0 Å². The molecule has 0 radical (unpaired) electrons. The number of aliphatic carboxylic acids is 1. The number of carbonyl (C=O) groups excluding carboxylic acids is 3. The molecular formula is C17H32N4O6S2. The number of aliphatic hydroxyl groups is 1. The van der Waals surface area contributed by atoms with E-state index in [1.54, 1.807) is 13.8 Å². The molecule has 5 unspecified atom stereocenters. The van der Waals surface area contributed by atoms with Crippen LogP contribution in [0.2, 0.25) is 0 Å². The third-order valence-corrected chi connectivity index (χ3v) is 5.12. The fourth-order valence-electron chi connectivity index (χ4n) is 2.22. The van der Waals surface area contributed by atoms with E-state index < -0.39 is 54.0 Å². The Morgan fingerprint density at radius 1 is 1.00 bits per heavy atom.